The monoisotopic (exact) mass is 274 g/mol. The van der Waals surface area contributed by atoms with Crippen molar-refractivity contribution >= 4 is 16.5 Å². The summed E-state index contributed by atoms with van der Waals surface area (Å²) in [5.74, 6) is -0.212. The van der Waals surface area contributed by atoms with Crippen LogP contribution in [0.4, 0.5) is 18.2 Å². The summed E-state index contributed by atoms with van der Waals surface area (Å²) in [6.45, 7) is -0.0323. The molecule has 18 heavy (non-hydrogen) atoms. The summed E-state index contributed by atoms with van der Waals surface area (Å²) >= 11 is 1.07. The number of ether oxygens (including phenoxy) is 1. The lowest BCUT2D eigenvalue weighted by molar-refractivity contribution is -0.139. The lowest BCUT2D eigenvalue weighted by Gasteiger charge is -2.13. The molecule has 0 saturated carbocycles. The van der Waals surface area contributed by atoms with Crippen molar-refractivity contribution in [3.63, 3.8) is 0 Å². The number of halogens is 3. The van der Waals surface area contributed by atoms with Crippen LogP contribution >= 0.6 is 11.5 Å². The third kappa shape index (κ3) is 2.73. The Bertz CT molecular complexity index is 539. The van der Waals surface area contributed by atoms with E-state index < -0.39 is 11.7 Å². The summed E-state index contributed by atoms with van der Waals surface area (Å²) in [4.78, 5) is 0. The van der Waals surface area contributed by atoms with E-state index in [1.165, 1.54) is 24.4 Å². The second-order valence-electron chi connectivity index (χ2n) is 3.50. The molecule has 0 atom stereocenters. The zero-order valence-corrected chi connectivity index (χ0v) is 9.89. The van der Waals surface area contributed by atoms with Crippen molar-refractivity contribution in [1.82, 2.24) is 4.37 Å². The van der Waals surface area contributed by atoms with Crippen LogP contribution in [0.2, 0.25) is 0 Å². The number of hydrogen-bond acceptors (Lipinski definition) is 4. The van der Waals surface area contributed by atoms with Gasteiger partial charge in [-0.1, -0.05) is 12.1 Å². The number of nitrogens with zero attached hydrogens (tertiary/aromatic N) is 1. The first-order valence-electron chi connectivity index (χ1n) is 4.96. The van der Waals surface area contributed by atoms with Gasteiger partial charge >= 0.3 is 6.18 Å². The molecule has 2 rings (SSSR count). The van der Waals surface area contributed by atoms with Gasteiger partial charge in [-0.15, -0.1) is 0 Å². The maximum absolute atomic E-state index is 12.7. The molecule has 0 aliphatic heterocycles. The number of aromatic nitrogens is 1. The average molecular weight is 274 g/mol. The molecule has 2 aromatic rings. The normalized spacial score (nSPS) is 11.5. The lowest BCUT2D eigenvalue weighted by atomic mass is 10.2. The van der Waals surface area contributed by atoms with E-state index in [1.807, 2.05) is 0 Å². The fourth-order valence-electron chi connectivity index (χ4n) is 1.36. The maximum atomic E-state index is 12.7. The maximum Gasteiger partial charge on any atom is 0.419 e. The van der Waals surface area contributed by atoms with Crippen molar-refractivity contribution in [2.45, 2.75) is 12.8 Å². The predicted octanol–water partition coefficient (Wildman–Crippen LogP) is 3.32. The van der Waals surface area contributed by atoms with Crippen LogP contribution in [0, 0.1) is 0 Å². The van der Waals surface area contributed by atoms with E-state index in [4.69, 9.17) is 10.5 Å². The van der Waals surface area contributed by atoms with Crippen molar-refractivity contribution in [3.8, 4) is 5.75 Å². The van der Waals surface area contributed by atoms with Crippen LogP contribution < -0.4 is 10.5 Å². The molecule has 0 aliphatic carbocycles. The van der Waals surface area contributed by atoms with Crippen molar-refractivity contribution in [2.75, 3.05) is 5.73 Å². The van der Waals surface area contributed by atoms with Crippen LogP contribution in [0.3, 0.4) is 0 Å². The first-order valence-corrected chi connectivity index (χ1v) is 5.74. The minimum atomic E-state index is -4.44. The second kappa shape index (κ2) is 4.85. The summed E-state index contributed by atoms with van der Waals surface area (Å²) in [6, 6.07) is 5.05. The Kier molecular flexibility index (Phi) is 3.42. The molecule has 0 radical (unpaired) electrons. The lowest BCUT2D eigenvalue weighted by Crippen LogP contribution is -2.08. The van der Waals surface area contributed by atoms with E-state index in [-0.39, 0.29) is 12.4 Å². The number of anilines is 1. The Morgan fingerprint density at radius 3 is 2.61 bits per heavy atom. The number of rotatable bonds is 3. The Balaban J connectivity index is 2.17. The number of hydrogen-bond donors (Lipinski definition) is 1. The summed E-state index contributed by atoms with van der Waals surface area (Å²) in [5.41, 5.74) is 5.36. The second-order valence-corrected chi connectivity index (χ2v) is 4.33. The Labute approximate surface area is 105 Å². The highest BCUT2D eigenvalue weighted by Gasteiger charge is 2.34. The molecule has 0 amide bonds. The molecule has 0 fully saturated rings. The number of alkyl halides is 3. The highest BCUT2D eigenvalue weighted by Crippen LogP contribution is 2.36. The van der Waals surface area contributed by atoms with E-state index in [9.17, 15) is 13.2 Å². The van der Waals surface area contributed by atoms with Crippen LogP contribution in [-0.2, 0) is 12.8 Å². The summed E-state index contributed by atoms with van der Waals surface area (Å²) in [6.07, 6.45) is -2.95. The van der Waals surface area contributed by atoms with E-state index in [0.29, 0.717) is 10.6 Å². The summed E-state index contributed by atoms with van der Waals surface area (Å²) < 4.78 is 47.0. The zero-order valence-electron chi connectivity index (χ0n) is 9.07. The molecule has 3 nitrogen and oxygen atoms in total. The minimum Gasteiger partial charge on any atom is -0.488 e. The molecule has 0 unspecified atom stereocenters. The van der Waals surface area contributed by atoms with Crippen LogP contribution in [0.25, 0.3) is 0 Å². The number of nitrogen functional groups attached to an aromatic ring is 1. The molecule has 0 aliphatic rings. The number of para-hydroxylation sites is 1. The van der Waals surface area contributed by atoms with Crippen molar-refractivity contribution in [3.05, 3.63) is 41.6 Å². The van der Waals surface area contributed by atoms with Gasteiger partial charge in [0.05, 0.1) is 5.56 Å². The molecule has 0 bridgehead atoms. The van der Waals surface area contributed by atoms with Gasteiger partial charge in [-0.2, -0.15) is 17.5 Å². The molecular formula is C11H9F3N2OS. The van der Waals surface area contributed by atoms with Crippen LogP contribution in [0.1, 0.15) is 11.1 Å². The van der Waals surface area contributed by atoms with E-state index in [0.717, 1.165) is 17.6 Å². The van der Waals surface area contributed by atoms with Gasteiger partial charge in [-0.25, -0.2) is 0 Å². The minimum absolute atomic E-state index is 0.0323. The molecule has 1 aromatic heterocycles. The quantitative estimate of drug-likeness (QED) is 0.934. The summed E-state index contributed by atoms with van der Waals surface area (Å²) in [7, 11) is 0. The van der Waals surface area contributed by atoms with Gasteiger partial charge in [-0.05, 0) is 23.7 Å². The molecule has 0 spiro atoms. The average Bonchev–Trinajstić information content (AvgIpc) is 2.71. The third-order valence-electron chi connectivity index (χ3n) is 2.25. The highest BCUT2D eigenvalue weighted by atomic mass is 32.1. The number of benzene rings is 1. The van der Waals surface area contributed by atoms with Crippen LogP contribution in [-0.4, -0.2) is 4.37 Å². The van der Waals surface area contributed by atoms with Crippen LogP contribution in [0.5, 0.6) is 5.75 Å². The van der Waals surface area contributed by atoms with E-state index in [2.05, 4.69) is 4.37 Å². The van der Waals surface area contributed by atoms with Gasteiger partial charge in [0.15, 0.2) is 0 Å². The van der Waals surface area contributed by atoms with Crippen molar-refractivity contribution < 1.29 is 17.9 Å². The van der Waals surface area contributed by atoms with Gasteiger partial charge in [0.25, 0.3) is 0 Å². The van der Waals surface area contributed by atoms with Gasteiger partial charge in [0.1, 0.15) is 17.4 Å². The Hall–Kier alpha value is -1.76. The van der Waals surface area contributed by atoms with Crippen LogP contribution in [0.15, 0.2) is 30.5 Å². The summed E-state index contributed by atoms with van der Waals surface area (Å²) in [5, 5.41) is 0.444. The molecule has 0 saturated heterocycles. The SMILES string of the molecule is Nc1sncc1COc1ccccc1C(F)(F)F. The van der Waals surface area contributed by atoms with E-state index in [1.54, 1.807) is 0 Å². The van der Waals surface area contributed by atoms with Crippen molar-refractivity contribution in [1.29, 1.82) is 0 Å². The molecule has 7 heteroatoms. The molecular weight excluding hydrogens is 265 g/mol. The Morgan fingerprint density at radius 1 is 1.28 bits per heavy atom. The predicted molar refractivity (Wildman–Crippen MR) is 62.3 cm³/mol. The van der Waals surface area contributed by atoms with E-state index >= 15 is 0 Å². The molecule has 1 aromatic carbocycles. The molecule has 96 valence electrons. The largest absolute Gasteiger partial charge is 0.488 e. The van der Waals surface area contributed by atoms with Gasteiger partial charge < -0.3 is 10.5 Å². The number of nitrogens with two attached hydrogens (primary N) is 1. The first kappa shape index (κ1) is 12.7. The van der Waals surface area contributed by atoms with Crippen molar-refractivity contribution in [2.24, 2.45) is 0 Å². The molecule has 1 heterocycles. The fraction of sp³-hybridized carbons (Fsp3) is 0.182. The first-order chi connectivity index (χ1) is 8.48. The zero-order chi connectivity index (χ0) is 13.2. The fourth-order valence-corrected chi connectivity index (χ4v) is 1.88. The Morgan fingerprint density at radius 2 is 2.00 bits per heavy atom. The topological polar surface area (TPSA) is 48.1 Å². The van der Waals surface area contributed by atoms with Gasteiger partial charge in [0, 0.05) is 11.8 Å². The smallest absolute Gasteiger partial charge is 0.419 e. The standard InChI is InChI=1S/C11H9F3N2OS/c12-11(13,14)8-3-1-2-4-9(8)17-6-7-5-16-18-10(7)15/h1-5H,6,15H2. The third-order valence-corrected chi connectivity index (χ3v) is 2.92. The highest BCUT2D eigenvalue weighted by molar-refractivity contribution is 7.10. The van der Waals surface area contributed by atoms with Gasteiger partial charge in [-0.3, -0.25) is 0 Å². The van der Waals surface area contributed by atoms with Gasteiger partial charge in [0.2, 0.25) is 0 Å². The molecule has 2 N–H and O–H groups in total.